The molecule has 0 amide bonds. The Balaban J connectivity index is 2.14. The molecule has 1 unspecified atom stereocenters. The van der Waals surface area contributed by atoms with Gasteiger partial charge < -0.3 is 0 Å². The van der Waals surface area contributed by atoms with Gasteiger partial charge in [-0.05, 0) is 31.1 Å². The normalized spacial score (nSPS) is 41.4. The van der Waals surface area contributed by atoms with Crippen LogP contribution in [0.5, 0.6) is 0 Å². The quantitative estimate of drug-likeness (QED) is 0.452. The fraction of sp³-hybridized carbons (Fsp3) is 0.750. The second-order valence-electron chi connectivity index (χ2n) is 2.96. The average Bonchev–Trinajstić information content (AvgIpc) is 2.19. The molecule has 1 fully saturated rings. The zero-order chi connectivity index (χ0) is 5.56. The van der Waals surface area contributed by atoms with Crippen molar-refractivity contribution in [1.82, 2.24) is 0 Å². The van der Waals surface area contributed by atoms with E-state index in [0.717, 1.165) is 11.8 Å². The lowest BCUT2D eigenvalue weighted by atomic mass is 9.81. The van der Waals surface area contributed by atoms with Crippen LogP contribution >= 0.6 is 0 Å². The van der Waals surface area contributed by atoms with Gasteiger partial charge in [-0.3, -0.25) is 0 Å². The van der Waals surface area contributed by atoms with E-state index in [1.807, 2.05) is 0 Å². The first-order chi connectivity index (χ1) is 3.92. The minimum absolute atomic E-state index is 1.01. The molecule has 0 saturated heterocycles. The predicted octanol–water partition coefficient (Wildman–Crippen LogP) is 2.36. The highest BCUT2D eigenvalue weighted by atomic mass is 14.4. The molecule has 0 spiro atoms. The Morgan fingerprint density at radius 1 is 1.75 bits per heavy atom. The minimum Gasteiger partial charge on any atom is -0.0813 e. The molecule has 0 aliphatic heterocycles. The summed E-state index contributed by atoms with van der Waals surface area (Å²) in [5.41, 5.74) is 1.76. The van der Waals surface area contributed by atoms with Gasteiger partial charge in [0.05, 0.1) is 0 Å². The molecule has 3 rings (SSSR count). The summed E-state index contributed by atoms with van der Waals surface area (Å²) in [5.74, 6) is 2.03. The third kappa shape index (κ3) is 0.367. The molecule has 8 heavy (non-hydrogen) atoms. The van der Waals surface area contributed by atoms with E-state index in [9.17, 15) is 0 Å². The molecule has 0 nitrogen and oxygen atoms in total. The number of hydrogen-bond acceptors (Lipinski definition) is 0. The highest BCUT2D eigenvalue weighted by Crippen LogP contribution is 2.48. The Morgan fingerprint density at radius 3 is 2.88 bits per heavy atom. The first-order valence-corrected chi connectivity index (χ1v) is 3.62. The van der Waals surface area contributed by atoms with Gasteiger partial charge in [0.25, 0.3) is 0 Å². The Morgan fingerprint density at radius 2 is 2.62 bits per heavy atom. The van der Waals surface area contributed by atoms with E-state index < -0.39 is 0 Å². The highest BCUT2D eigenvalue weighted by Gasteiger charge is 2.36. The Bertz CT molecular complexity index is 133. The smallest absolute Gasteiger partial charge is 0.0143 e. The molecular weight excluding hydrogens is 96.1 g/mol. The van der Waals surface area contributed by atoms with Crippen LogP contribution < -0.4 is 0 Å². The molecule has 0 heteroatoms. The van der Waals surface area contributed by atoms with Gasteiger partial charge in [0.15, 0.2) is 0 Å². The van der Waals surface area contributed by atoms with Crippen molar-refractivity contribution in [3.05, 3.63) is 11.6 Å². The SMILES string of the molecule is CC[C@H]1C2=CC1CC2. The van der Waals surface area contributed by atoms with Crippen LogP contribution in [-0.2, 0) is 0 Å². The number of rotatable bonds is 1. The average molecular weight is 108 g/mol. The van der Waals surface area contributed by atoms with Crippen molar-refractivity contribution >= 4 is 0 Å². The second kappa shape index (κ2) is 1.37. The van der Waals surface area contributed by atoms with Gasteiger partial charge in [0.2, 0.25) is 0 Å². The fourth-order valence-electron chi connectivity index (χ4n) is 2.12. The van der Waals surface area contributed by atoms with Crippen molar-refractivity contribution < 1.29 is 0 Å². The second-order valence-corrected chi connectivity index (χ2v) is 2.96. The molecular formula is C8H12. The summed E-state index contributed by atoms with van der Waals surface area (Å²) in [6.45, 7) is 2.30. The van der Waals surface area contributed by atoms with Gasteiger partial charge in [-0.15, -0.1) is 0 Å². The molecule has 2 atom stereocenters. The van der Waals surface area contributed by atoms with Crippen molar-refractivity contribution in [2.45, 2.75) is 26.2 Å². The van der Waals surface area contributed by atoms with E-state index in [4.69, 9.17) is 0 Å². The zero-order valence-corrected chi connectivity index (χ0v) is 5.35. The number of hydrogen-bond donors (Lipinski definition) is 0. The van der Waals surface area contributed by atoms with Crippen molar-refractivity contribution in [2.75, 3.05) is 0 Å². The van der Waals surface area contributed by atoms with Crippen LogP contribution in [0.1, 0.15) is 26.2 Å². The summed E-state index contributed by atoms with van der Waals surface area (Å²) in [4.78, 5) is 0. The third-order valence-electron chi connectivity index (χ3n) is 2.63. The molecule has 0 radical (unpaired) electrons. The topological polar surface area (TPSA) is 0 Å². The van der Waals surface area contributed by atoms with E-state index >= 15 is 0 Å². The lowest BCUT2D eigenvalue weighted by Crippen LogP contribution is -2.14. The molecule has 44 valence electrons. The Labute approximate surface area is 50.6 Å². The van der Waals surface area contributed by atoms with Gasteiger partial charge in [-0.1, -0.05) is 18.6 Å². The van der Waals surface area contributed by atoms with Crippen LogP contribution in [0.4, 0.5) is 0 Å². The maximum atomic E-state index is 2.47. The molecule has 0 heterocycles. The lowest BCUT2D eigenvalue weighted by molar-refractivity contribution is 0.446. The van der Waals surface area contributed by atoms with Gasteiger partial charge in [-0.25, -0.2) is 0 Å². The van der Waals surface area contributed by atoms with Gasteiger partial charge in [0, 0.05) is 0 Å². The summed E-state index contributed by atoms with van der Waals surface area (Å²) >= 11 is 0. The summed E-state index contributed by atoms with van der Waals surface area (Å²) < 4.78 is 0. The van der Waals surface area contributed by atoms with Crippen LogP contribution in [0.2, 0.25) is 0 Å². The summed E-state index contributed by atoms with van der Waals surface area (Å²) in [7, 11) is 0. The van der Waals surface area contributed by atoms with Crippen LogP contribution in [0.25, 0.3) is 0 Å². The molecule has 0 N–H and O–H groups in total. The summed E-state index contributed by atoms with van der Waals surface area (Å²) in [5, 5.41) is 0. The third-order valence-corrected chi connectivity index (χ3v) is 2.63. The summed E-state index contributed by atoms with van der Waals surface area (Å²) in [6.07, 6.45) is 6.74. The zero-order valence-electron chi connectivity index (χ0n) is 5.35. The first kappa shape index (κ1) is 4.60. The molecule has 1 saturated carbocycles. The van der Waals surface area contributed by atoms with E-state index in [1.165, 1.54) is 19.3 Å². The number of fused-ring (bicyclic) bond motifs is 1. The van der Waals surface area contributed by atoms with Crippen molar-refractivity contribution in [3.8, 4) is 0 Å². The minimum atomic E-state index is 1.01. The Kier molecular flexibility index (Phi) is 0.787. The van der Waals surface area contributed by atoms with E-state index in [-0.39, 0.29) is 0 Å². The molecule has 2 bridgehead atoms. The standard InChI is InChI=1S/C8H12/c1-2-8-6-3-4-7(8)5-6/h5-6,8H,2-4H2,1H3/t6?,8-/m1/s1. The predicted molar refractivity (Wildman–Crippen MR) is 34.6 cm³/mol. The van der Waals surface area contributed by atoms with Crippen molar-refractivity contribution in [2.24, 2.45) is 11.8 Å². The number of allylic oxidation sites excluding steroid dienone is 2. The molecule has 0 aromatic rings. The Hall–Kier alpha value is -0.260. The van der Waals surface area contributed by atoms with Crippen LogP contribution in [0.3, 0.4) is 0 Å². The van der Waals surface area contributed by atoms with E-state index in [1.54, 1.807) is 5.57 Å². The van der Waals surface area contributed by atoms with Crippen LogP contribution in [0, 0.1) is 11.8 Å². The highest BCUT2D eigenvalue weighted by molar-refractivity contribution is 5.27. The molecule has 0 aromatic heterocycles. The van der Waals surface area contributed by atoms with Crippen LogP contribution in [0.15, 0.2) is 11.6 Å². The van der Waals surface area contributed by atoms with E-state index in [0.29, 0.717) is 0 Å². The van der Waals surface area contributed by atoms with Gasteiger partial charge in [0.1, 0.15) is 0 Å². The maximum absolute atomic E-state index is 2.47. The largest absolute Gasteiger partial charge is 0.0813 e. The fourth-order valence-corrected chi connectivity index (χ4v) is 2.12. The molecule has 3 aliphatic rings. The van der Waals surface area contributed by atoms with Crippen molar-refractivity contribution in [1.29, 1.82) is 0 Å². The van der Waals surface area contributed by atoms with Crippen molar-refractivity contribution in [3.63, 3.8) is 0 Å². The van der Waals surface area contributed by atoms with E-state index in [2.05, 4.69) is 13.0 Å². The van der Waals surface area contributed by atoms with Crippen LogP contribution in [-0.4, -0.2) is 0 Å². The summed E-state index contributed by atoms with van der Waals surface area (Å²) in [6, 6.07) is 0. The van der Waals surface area contributed by atoms with Gasteiger partial charge in [-0.2, -0.15) is 0 Å². The maximum Gasteiger partial charge on any atom is -0.0143 e. The molecule has 3 aliphatic carbocycles. The first-order valence-electron chi connectivity index (χ1n) is 3.62. The molecule has 0 aromatic carbocycles. The monoisotopic (exact) mass is 108 g/mol. The lowest BCUT2D eigenvalue weighted by Gasteiger charge is -2.24. The van der Waals surface area contributed by atoms with Gasteiger partial charge >= 0.3 is 0 Å².